The van der Waals surface area contributed by atoms with Gasteiger partial charge in [0.25, 0.3) is 0 Å². The number of nitrogens with two attached hydrogens (primary N) is 1. The number of methoxy groups -OCH3 is 1. The monoisotopic (exact) mass is 279 g/mol. The van der Waals surface area contributed by atoms with Gasteiger partial charge in [0.1, 0.15) is 5.75 Å². The molecule has 2 amide bonds. The molecule has 0 fully saturated rings. The van der Waals surface area contributed by atoms with E-state index >= 15 is 0 Å². The number of carbonyl (C=O) groups excluding carboxylic acids is 1. The Morgan fingerprint density at radius 3 is 2.55 bits per heavy atom. The van der Waals surface area contributed by atoms with Crippen molar-refractivity contribution in [3.63, 3.8) is 0 Å². The van der Waals surface area contributed by atoms with Gasteiger partial charge in [0.05, 0.1) is 12.8 Å². The maximum Gasteiger partial charge on any atom is 0.322 e. The first-order chi connectivity index (χ1) is 9.67. The third-order valence-corrected chi connectivity index (χ3v) is 3.36. The van der Waals surface area contributed by atoms with Gasteiger partial charge in [-0.1, -0.05) is 26.0 Å². The fourth-order valence-electron chi connectivity index (χ4n) is 2.25. The Balaban J connectivity index is 2.85. The molecule has 0 bridgehead atoms. The second-order valence-corrected chi connectivity index (χ2v) is 4.58. The molecule has 0 unspecified atom stereocenters. The Bertz CT molecular complexity index is 419. The Morgan fingerprint density at radius 2 is 2.00 bits per heavy atom. The van der Waals surface area contributed by atoms with Crippen LogP contribution in [-0.2, 0) is 0 Å². The summed E-state index contributed by atoms with van der Waals surface area (Å²) in [7, 11) is 1.59. The zero-order chi connectivity index (χ0) is 15.0. The quantitative estimate of drug-likeness (QED) is 0.806. The van der Waals surface area contributed by atoms with E-state index in [0.29, 0.717) is 24.5 Å². The van der Waals surface area contributed by atoms with Gasteiger partial charge in [0.15, 0.2) is 0 Å². The van der Waals surface area contributed by atoms with Gasteiger partial charge in [-0.15, -0.1) is 0 Å². The number of rotatable bonds is 7. The summed E-state index contributed by atoms with van der Waals surface area (Å²) in [6, 6.07) is 7.45. The van der Waals surface area contributed by atoms with E-state index < -0.39 is 0 Å². The summed E-state index contributed by atoms with van der Waals surface area (Å²) in [6.07, 6.45) is 1.83. The van der Waals surface area contributed by atoms with Crippen molar-refractivity contribution < 1.29 is 9.53 Å². The summed E-state index contributed by atoms with van der Waals surface area (Å²) in [5.41, 5.74) is 6.29. The molecule has 0 spiro atoms. The molecule has 0 atom stereocenters. The van der Waals surface area contributed by atoms with Crippen LogP contribution in [0.5, 0.6) is 5.75 Å². The summed E-state index contributed by atoms with van der Waals surface area (Å²) < 4.78 is 5.24. The van der Waals surface area contributed by atoms with Crippen LogP contribution in [0.25, 0.3) is 0 Å². The van der Waals surface area contributed by atoms with Gasteiger partial charge in [-0.3, -0.25) is 0 Å². The molecule has 112 valence electrons. The normalized spacial score (nSPS) is 10.4. The van der Waals surface area contributed by atoms with E-state index in [1.54, 1.807) is 12.0 Å². The highest BCUT2D eigenvalue weighted by Crippen LogP contribution is 2.23. The lowest BCUT2D eigenvalue weighted by molar-refractivity contribution is 0.185. The summed E-state index contributed by atoms with van der Waals surface area (Å²) in [5.74, 6) is 0.651. The molecule has 0 aliphatic rings. The smallest absolute Gasteiger partial charge is 0.322 e. The lowest BCUT2D eigenvalue weighted by Gasteiger charge is -2.30. The minimum atomic E-state index is -0.131. The number of hydrogen-bond acceptors (Lipinski definition) is 3. The molecule has 0 radical (unpaired) electrons. The molecule has 20 heavy (non-hydrogen) atoms. The highest BCUT2D eigenvalue weighted by Gasteiger charge is 2.21. The average molecular weight is 279 g/mol. The number of anilines is 1. The van der Waals surface area contributed by atoms with E-state index in [-0.39, 0.29) is 12.1 Å². The molecule has 0 aliphatic carbocycles. The van der Waals surface area contributed by atoms with E-state index in [1.165, 1.54) is 0 Å². The number of para-hydroxylation sites is 2. The Kier molecular flexibility index (Phi) is 6.87. The number of hydrogen-bond donors (Lipinski definition) is 2. The van der Waals surface area contributed by atoms with Crippen molar-refractivity contribution >= 4 is 11.7 Å². The summed E-state index contributed by atoms with van der Waals surface area (Å²) in [4.78, 5) is 14.2. The van der Waals surface area contributed by atoms with E-state index in [0.717, 1.165) is 12.8 Å². The first-order valence-corrected chi connectivity index (χ1v) is 7.08. The number of nitrogens with zero attached hydrogens (tertiary/aromatic N) is 1. The zero-order valence-electron chi connectivity index (χ0n) is 12.6. The Labute approximate surface area is 121 Å². The fraction of sp³-hybridized carbons (Fsp3) is 0.533. The van der Waals surface area contributed by atoms with E-state index in [4.69, 9.17) is 10.5 Å². The van der Waals surface area contributed by atoms with Gasteiger partial charge in [0, 0.05) is 19.1 Å². The van der Waals surface area contributed by atoms with Crippen LogP contribution in [-0.4, -0.2) is 37.2 Å². The number of benzene rings is 1. The molecule has 0 aromatic heterocycles. The highest BCUT2D eigenvalue weighted by molar-refractivity contribution is 5.91. The van der Waals surface area contributed by atoms with Crippen LogP contribution in [0.4, 0.5) is 10.5 Å². The van der Waals surface area contributed by atoms with Crippen molar-refractivity contribution in [2.45, 2.75) is 32.7 Å². The van der Waals surface area contributed by atoms with Gasteiger partial charge < -0.3 is 20.7 Å². The van der Waals surface area contributed by atoms with Crippen molar-refractivity contribution in [2.75, 3.05) is 25.5 Å². The van der Waals surface area contributed by atoms with Crippen LogP contribution in [0.15, 0.2) is 24.3 Å². The molecule has 3 N–H and O–H groups in total. The minimum Gasteiger partial charge on any atom is -0.495 e. The van der Waals surface area contributed by atoms with E-state index in [1.807, 2.05) is 24.3 Å². The fourth-order valence-corrected chi connectivity index (χ4v) is 2.25. The SMILES string of the molecule is CCC(CC)N(CCN)C(=O)Nc1ccccc1OC. The molecular formula is C15H25N3O2. The van der Waals surface area contributed by atoms with Crippen molar-refractivity contribution in [1.29, 1.82) is 0 Å². The number of amides is 2. The third-order valence-electron chi connectivity index (χ3n) is 3.36. The van der Waals surface area contributed by atoms with Gasteiger partial charge >= 0.3 is 6.03 Å². The highest BCUT2D eigenvalue weighted by atomic mass is 16.5. The first-order valence-electron chi connectivity index (χ1n) is 7.08. The van der Waals surface area contributed by atoms with Gasteiger partial charge in [-0.2, -0.15) is 0 Å². The van der Waals surface area contributed by atoms with Gasteiger partial charge in [-0.05, 0) is 25.0 Å². The van der Waals surface area contributed by atoms with E-state index in [2.05, 4.69) is 19.2 Å². The van der Waals surface area contributed by atoms with Crippen LogP contribution < -0.4 is 15.8 Å². The largest absolute Gasteiger partial charge is 0.495 e. The summed E-state index contributed by atoms with van der Waals surface area (Å²) in [5, 5.41) is 2.90. The van der Waals surface area contributed by atoms with Gasteiger partial charge in [0.2, 0.25) is 0 Å². The second-order valence-electron chi connectivity index (χ2n) is 4.58. The molecule has 0 aliphatic heterocycles. The first kappa shape index (κ1) is 16.3. The van der Waals surface area contributed by atoms with Crippen LogP contribution >= 0.6 is 0 Å². The molecular weight excluding hydrogens is 254 g/mol. The predicted molar refractivity (Wildman–Crippen MR) is 82.1 cm³/mol. The second kappa shape index (κ2) is 8.43. The predicted octanol–water partition coefficient (Wildman–Crippen LogP) is 2.68. The lowest BCUT2D eigenvalue weighted by atomic mass is 10.1. The van der Waals surface area contributed by atoms with Crippen LogP contribution in [0.3, 0.4) is 0 Å². The maximum absolute atomic E-state index is 12.4. The summed E-state index contributed by atoms with van der Waals surface area (Å²) in [6.45, 7) is 5.16. The third kappa shape index (κ3) is 4.13. The minimum absolute atomic E-state index is 0.131. The van der Waals surface area contributed by atoms with Crippen molar-refractivity contribution in [3.8, 4) is 5.75 Å². The maximum atomic E-state index is 12.4. The number of urea groups is 1. The Morgan fingerprint density at radius 1 is 1.35 bits per heavy atom. The zero-order valence-corrected chi connectivity index (χ0v) is 12.6. The molecule has 1 rings (SSSR count). The molecule has 0 saturated carbocycles. The number of carbonyl (C=O) groups is 1. The Hall–Kier alpha value is -1.75. The van der Waals surface area contributed by atoms with Crippen molar-refractivity contribution in [2.24, 2.45) is 5.73 Å². The number of ether oxygens (including phenoxy) is 1. The molecule has 0 heterocycles. The van der Waals surface area contributed by atoms with Crippen LogP contribution in [0.1, 0.15) is 26.7 Å². The van der Waals surface area contributed by atoms with Crippen LogP contribution in [0.2, 0.25) is 0 Å². The van der Waals surface area contributed by atoms with E-state index in [9.17, 15) is 4.79 Å². The standard InChI is InChI=1S/C15H25N3O2/c1-4-12(5-2)18(11-10-16)15(19)17-13-8-6-7-9-14(13)20-3/h6-9,12H,4-5,10-11,16H2,1-3H3,(H,17,19). The molecule has 5 nitrogen and oxygen atoms in total. The molecule has 1 aromatic carbocycles. The topological polar surface area (TPSA) is 67.6 Å². The summed E-state index contributed by atoms with van der Waals surface area (Å²) >= 11 is 0. The average Bonchev–Trinajstić information content (AvgIpc) is 2.48. The molecule has 5 heteroatoms. The lowest BCUT2D eigenvalue weighted by Crippen LogP contribution is -2.45. The van der Waals surface area contributed by atoms with Crippen LogP contribution in [0, 0.1) is 0 Å². The van der Waals surface area contributed by atoms with Crippen molar-refractivity contribution in [1.82, 2.24) is 4.90 Å². The molecule has 1 aromatic rings. The molecule has 0 saturated heterocycles. The van der Waals surface area contributed by atoms with Crippen molar-refractivity contribution in [3.05, 3.63) is 24.3 Å². The number of nitrogens with one attached hydrogen (secondary N) is 1. The van der Waals surface area contributed by atoms with Gasteiger partial charge in [-0.25, -0.2) is 4.79 Å².